The van der Waals surface area contributed by atoms with E-state index in [4.69, 9.17) is 49.0 Å². The quantitative estimate of drug-likeness (QED) is 0.105. The van der Waals surface area contributed by atoms with Crippen molar-refractivity contribution in [1.29, 1.82) is 0 Å². The van der Waals surface area contributed by atoms with Crippen LogP contribution in [0.4, 0.5) is 10.5 Å². The highest BCUT2D eigenvalue weighted by Crippen LogP contribution is 2.36. The lowest BCUT2D eigenvalue weighted by Gasteiger charge is -2.26. The molecule has 1 aliphatic heterocycles. The van der Waals surface area contributed by atoms with E-state index >= 15 is 0 Å². The number of hydrogen-bond acceptors (Lipinski definition) is 6. The van der Waals surface area contributed by atoms with Gasteiger partial charge >= 0.3 is 6.03 Å². The molecule has 4 amide bonds. The van der Waals surface area contributed by atoms with E-state index in [1.165, 1.54) is 13.2 Å². The van der Waals surface area contributed by atoms with E-state index in [2.05, 4.69) is 27.9 Å². The monoisotopic (exact) mass is 762 g/mol. The number of urea groups is 1. The number of nitrogens with zero attached hydrogens (tertiary/aromatic N) is 1. The molecule has 4 aromatic carbocycles. The van der Waals surface area contributed by atoms with Crippen LogP contribution in [-0.4, -0.2) is 25.0 Å². The Kier molecular flexibility index (Phi) is 10.00. The Balaban J connectivity index is 1.34. The van der Waals surface area contributed by atoms with E-state index in [1.807, 2.05) is 18.2 Å². The Bertz CT molecular complexity index is 1800. The van der Waals surface area contributed by atoms with Gasteiger partial charge in [0.2, 0.25) is 0 Å². The van der Waals surface area contributed by atoms with Crippen LogP contribution in [0.3, 0.4) is 0 Å². The van der Waals surface area contributed by atoms with Crippen LogP contribution in [0.15, 0.2) is 84.4 Å². The maximum absolute atomic E-state index is 13.5. The number of anilines is 1. The second-order valence-corrected chi connectivity index (χ2v) is 11.8. The van der Waals surface area contributed by atoms with E-state index in [-0.39, 0.29) is 24.5 Å². The van der Waals surface area contributed by atoms with E-state index in [9.17, 15) is 14.4 Å². The summed E-state index contributed by atoms with van der Waals surface area (Å²) in [5.74, 6) is -0.238. The summed E-state index contributed by atoms with van der Waals surface area (Å²) in [7, 11) is 1.48. The third-order valence-electron chi connectivity index (χ3n) is 6.48. The van der Waals surface area contributed by atoms with Crippen LogP contribution in [0.1, 0.15) is 16.7 Å². The summed E-state index contributed by atoms with van der Waals surface area (Å²) in [6.45, 7) is 0.441. The van der Waals surface area contributed by atoms with Gasteiger partial charge in [-0.25, -0.2) is 9.69 Å². The molecule has 0 unspecified atom stereocenters. The first kappa shape index (κ1) is 31.6. The maximum atomic E-state index is 13.5. The molecular weight excluding hydrogens is 742 g/mol. The number of rotatable bonds is 9. The third kappa shape index (κ3) is 7.13. The van der Waals surface area contributed by atoms with Crippen molar-refractivity contribution in [3.8, 4) is 17.2 Å². The molecule has 0 atom stereocenters. The average molecular weight is 764 g/mol. The van der Waals surface area contributed by atoms with Gasteiger partial charge in [-0.05, 0) is 94.4 Å². The number of benzene rings is 4. The lowest BCUT2D eigenvalue weighted by Crippen LogP contribution is -2.54. The van der Waals surface area contributed by atoms with Crippen molar-refractivity contribution < 1.29 is 28.6 Å². The largest absolute Gasteiger partial charge is 0.493 e. The number of carbonyl (C=O) groups excluding carboxylic acids is 3. The number of ether oxygens (including phenoxy) is 3. The molecule has 44 heavy (non-hydrogen) atoms. The summed E-state index contributed by atoms with van der Waals surface area (Å²) >= 11 is 20.4. The zero-order valence-corrected chi connectivity index (χ0v) is 27.3. The van der Waals surface area contributed by atoms with Crippen molar-refractivity contribution in [3.05, 3.63) is 120 Å². The van der Waals surface area contributed by atoms with Crippen LogP contribution < -0.4 is 24.4 Å². The van der Waals surface area contributed by atoms with Crippen molar-refractivity contribution >= 4 is 87.0 Å². The molecule has 5 rings (SSSR count). The highest BCUT2D eigenvalue weighted by atomic mass is 127. The minimum Gasteiger partial charge on any atom is -0.493 e. The fraction of sp³-hybridized carbons (Fsp3) is 0.0938. The highest BCUT2D eigenvalue weighted by molar-refractivity contribution is 14.1. The van der Waals surface area contributed by atoms with Crippen LogP contribution in [0.5, 0.6) is 17.2 Å². The van der Waals surface area contributed by atoms with Crippen molar-refractivity contribution in [3.63, 3.8) is 0 Å². The Hall–Kier alpha value is -3.77. The van der Waals surface area contributed by atoms with Crippen LogP contribution >= 0.6 is 57.4 Å². The number of barbiturate groups is 1. The predicted molar refractivity (Wildman–Crippen MR) is 178 cm³/mol. The number of carbonyl (C=O) groups is 3. The highest BCUT2D eigenvalue weighted by Gasteiger charge is 2.37. The van der Waals surface area contributed by atoms with E-state index in [0.717, 1.165) is 16.0 Å². The second-order valence-electron chi connectivity index (χ2n) is 9.40. The minimum absolute atomic E-state index is 0.200. The predicted octanol–water partition coefficient (Wildman–Crippen LogP) is 8.08. The number of halogens is 4. The topological polar surface area (TPSA) is 94.2 Å². The van der Waals surface area contributed by atoms with Crippen LogP contribution in [0, 0.1) is 3.57 Å². The van der Waals surface area contributed by atoms with Crippen molar-refractivity contribution in [1.82, 2.24) is 5.32 Å². The summed E-state index contributed by atoms with van der Waals surface area (Å²) in [6, 6.07) is 21.4. The first-order valence-corrected chi connectivity index (χ1v) is 15.2. The zero-order chi connectivity index (χ0) is 31.4. The van der Waals surface area contributed by atoms with Crippen molar-refractivity contribution in [2.75, 3.05) is 12.0 Å². The van der Waals surface area contributed by atoms with Gasteiger partial charge in [0.25, 0.3) is 11.8 Å². The molecule has 1 saturated heterocycles. The van der Waals surface area contributed by atoms with E-state index in [1.54, 1.807) is 60.7 Å². The summed E-state index contributed by atoms with van der Waals surface area (Å²) < 4.78 is 18.0. The Morgan fingerprint density at radius 2 is 1.59 bits per heavy atom. The van der Waals surface area contributed by atoms with Crippen LogP contribution in [0.25, 0.3) is 6.08 Å². The molecule has 12 heteroatoms. The second kappa shape index (κ2) is 13.9. The fourth-order valence-electron chi connectivity index (χ4n) is 4.27. The molecule has 0 saturated carbocycles. The van der Waals surface area contributed by atoms with Gasteiger partial charge in [-0.15, -0.1) is 0 Å². The first-order valence-electron chi connectivity index (χ1n) is 13.0. The smallest absolute Gasteiger partial charge is 0.335 e. The average Bonchev–Trinajstić information content (AvgIpc) is 3.00. The molecule has 0 radical (unpaired) electrons. The summed E-state index contributed by atoms with van der Waals surface area (Å²) in [5.41, 5.74) is 2.14. The first-order chi connectivity index (χ1) is 21.1. The zero-order valence-electron chi connectivity index (χ0n) is 22.9. The number of imide groups is 2. The van der Waals surface area contributed by atoms with Gasteiger partial charge in [-0.2, -0.15) is 0 Å². The standard InChI is InChI=1S/C32H22Cl3IN2O6/c1-42-28-15-19(14-27(36)29(28)44-16-18-6-11-25(34)26(35)13-18)12-23-30(39)37-32(41)38(31(23)40)21-7-9-22(10-8-21)43-17-20-4-2-3-5-24(20)33/h2-15H,16-17H2,1H3,(H,37,39,41)/b23-12+. The summed E-state index contributed by atoms with van der Waals surface area (Å²) in [5, 5.41) is 3.67. The molecule has 1 heterocycles. The molecule has 1 fully saturated rings. The number of methoxy groups -OCH3 is 1. The van der Waals surface area contributed by atoms with Gasteiger partial charge < -0.3 is 14.2 Å². The van der Waals surface area contributed by atoms with Crippen molar-refractivity contribution in [2.24, 2.45) is 0 Å². The molecule has 0 aliphatic carbocycles. The lowest BCUT2D eigenvalue weighted by molar-refractivity contribution is -0.122. The van der Waals surface area contributed by atoms with Crippen LogP contribution in [0.2, 0.25) is 15.1 Å². The Labute approximate surface area is 281 Å². The van der Waals surface area contributed by atoms with Gasteiger partial charge in [-0.1, -0.05) is 59.1 Å². The van der Waals surface area contributed by atoms with Gasteiger partial charge in [-0.3, -0.25) is 14.9 Å². The van der Waals surface area contributed by atoms with E-state index in [0.29, 0.717) is 41.5 Å². The Morgan fingerprint density at radius 3 is 2.30 bits per heavy atom. The molecule has 0 spiro atoms. The SMILES string of the molecule is COc1cc(/C=C2\C(=O)NC(=O)N(c3ccc(OCc4ccccc4Cl)cc3)C2=O)cc(I)c1OCc1ccc(Cl)c(Cl)c1. The maximum Gasteiger partial charge on any atom is 0.335 e. The lowest BCUT2D eigenvalue weighted by atomic mass is 10.1. The molecule has 224 valence electrons. The normalized spacial score (nSPS) is 14.1. The van der Waals surface area contributed by atoms with Crippen molar-refractivity contribution in [2.45, 2.75) is 13.2 Å². The van der Waals surface area contributed by atoms with Crippen LogP contribution in [-0.2, 0) is 22.8 Å². The molecule has 8 nitrogen and oxygen atoms in total. The number of hydrogen-bond donors (Lipinski definition) is 1. The molecule has 0 bridgehead atoms. The summed E-state index contributed by atoms with van der Waals surface area (Å²) in [4.78, 5) is 39.8. The summed E-state index contributed by atoms with van der Waals surface area (Å²) in [6.07, 6.45) is 1.39. The third-order valence-corrected chi connectivity index (χ3v) is 8.39. The molecule has 1 N–H and O–H groups in total. The molecule has 1 aliphatic rings. The Morgan fingerprint density at radius 1 is 0.841 bits per heavy atom. The van der Waals surface area contributed by atoms with E-state index < -0.39 is 17.8 Å². The number of nitrogens with one attached hydrogen (secondary N) is 1. The minimum atomic E-state index is -0.861. The fourth-order valence-corrected chi connectivity index (χ4v) is 5.57. The molecular formula is C32H22Cl3IN2O6. The van der Waals surface area contributed by atoms with Gasteiger partial charge in [0.1, 0.15) is 24.5 Å². The van der Waals surface area contributed by atoms with Gasteiger partial charge in [0.05, 0.1) is 26.4 Å². The van der Waals surface area contributed by atoms with Gasteiger partial charge in [0, 0.05) is 10.6 Å². The van der Waals surface area contributed by atoms with Gasteiger partial charge in [0.15, 0.2) is 11.5 Å². The molecule has 0 aromatic heterocycles. The number of amides is 4. The molecule has 4 aromatic rings.